The van der Waals surface area contributed by atoms with Crippen molar-refractivity contribution in [2.75, 3.05) is 0 Å². The second-order valence-electron chi connectivity index (χ2n) is 4.73. The van der Waals surface area contributed by atoms with Crippen LogP contribution in [0.1, 0.15) is 40.0 Å². The summed E-state index contributed by atoms with van der Waals surface area (Å²) in [5, 5.41) is -0.237. The average molecular weight is 189 g/mol. The first-order chi connectivity index (χ1) is 5.43. The van der Waals surface area contributed by atoms with E-state index in [9.17, 15) is 4.79 Å². The van der Waals surface area contributed by atoms with Gasteiger partial charge >= 0.3 is 0 Å². The summed E-state index contributed by atoms with van der Waals surface area (Å²) in [5.41, 5.74) is 0.169. The zero-order valence-electron chi connectivity index (χ0n) is 8.06. The van der Waals surface area contributed by atoms with Crippen molar-refractivity contribution in [3.8, 4) is 0 Å². The van der Waals surface area contributed by atoms with Gasteiger partial charge in [0.2, 0.25) is 0 Å². The second-order valence-corrected chi connectivity index (χ2v) is 5.20. The predicted octanol–water partition coefficient (Wildman–Crippen LogP) is 3.01. The smallest absolute Gasteiger partial charge is 0.150 e. The number of rotatable bonds is 0. The molecule has 1 fully saturated rings. The minimum Gasteiger partial charge on any atom is -0.298 e. The molecular formula is C10H17ClO. The Morgan fingerprint density at radius 2 is 2.00 bits per heavy atom. The van der Waals surface area contributed by atoms with E-state index in [2.05, 4.69) is 20.8 Å². The summed E-state index contributed by atoms with van der Waals surface area (Å²) < 4.78 is 0. The summed E-state index contributed by atoms with van der Waals surface area (Å²) in [6.07, 6.45) is 2.80. The molecule has 0 amide bonds. The van der Waals surface area contributed by atoms with Crippen molar-refractivity contribution in [2.24, 2.45) is 11.3 Å². The zero-order valence-corrected chi connectivity index (χ0v) is 8.82. The molecule has 1 rings (SSSR count). The van der Waals surface area contributed by atoms with Crippen molar-refractivity contribution < 1.29 is 4.79 Å². The van der Waals surface area contributed by atoms with Gasteiger partial charge in [-0.2, -0.15) is 0 Å². The van der Waals surface area contributed by atoms with Gasteiger partial charge in [0.05, 0.1) is 5.38 Å². The Morgan fingerprint density at radius 3 is 2.42 bits per heavy atom. The number of halogens is 1. The van der Waals surface area contributed by atoms with Gasteiger partial charge < -0.3 is 0 Å². The summed E-state index contributed by atoms with van der Waals surface area (Å²) in [6, 6.07) is 0. The molecular weight excluding hydrogens is 172 g/mol. The summed E-state index contributed by atoms with van der Waals surface area (Å²) in [4.78, 5) is 11.3. The van der Waals surface area contributed by atoms with E-state index in [4.69, 9.17) is 11.6 Å². The van der Waals surface area contributed by atoms with Crippen LogP contribution < -0.4 is 0 Å². The SMILES string of the molecule is CC(C)(C)[C@H]1CCCC(=O)[C@H]1Cl. The first kappa shape index (κ1) is 10.0. The van der Waals surface area contributed by atoms with Gasteiger partial charge in [-0.3, -0.25) is 4.79 Å². The minimum atomic E-state index is -0.237. The van der Waals surface area contributed by atoms with E-state index in [-0.39, 0.29) is 16.6 Å². The molecule has 0 saturated heterocycles. The molecule has 0 aromatic heterocycles. The number of carbonyl (C=O) groups is 1. The molecule has 0 aromatic carbocycles. The van der Waals surface area contributed by atoms with Crippen LogP contribution in [0.15, 0.2) is 0 Å². The van der Waals surface area contributed by atoms with Crippen LogP contribution >= 0.6 is 11.6 Å². The number of Topliss-reactive ketones (excluding diaryl/α,β-unsaturated/α-hetero) is 1. The Bertz CT molecular complexity index is 181. The van der Waals surface area contributed by atoms with Gasteiger partial charge in [-0.05, 0) is 24.2 Å². The van der Waals surface area contributed by atoms with Crippen LogP contribution in [0.3, 0.4) is 0 Å². The topological polar surface area (TPSA) is 17.1 Å². The Hall–Kier alpha value is -0.0400. The number of alkyl halides is 1. The van der Waals surface area contributed by atoms with Crippen LogP contribution in [0, 0.1) is 11.3 Å². The molecule has 2 heteroatoms. The van der Waals surface area contributed by atoms with Crippen LogP contribution in [0.25, 0.3) is 0 Å². The fourth-order valence-corrected chi connectivity index (χ4v) is 2.49. The van der Waals surface area contributed by atoms with Gasteiger partial charge in [-0.1, -0.05) is 20.8 Å². The molecule has 0 bridgehead atoms. The lowest BCUT2D eigenvalue weighted by Crippen LogP contribution is -2.37. The molecule has 1 aliphatic carbocycles. The highest BCUT2D eigenvalue weighted by atomic mass is 35.5. The lowest BCUT2D eigenvalue weighted by molar-refractivity contribution is -0.122. The number of ketones is 1. The third kappa shape index (κ3) is 2.01. The van der Waals surface area contributed by atoms with Crippen molar-refractivity contribution in [1.29, 1.82) is 0 Å². The Balaban J connectivity index is 2.70. The van der Waals surface area contributed by atoms with Crippen molar-refractivity contribution in [2.45, 2.75) is 45.4 Å². The van der Waals surface area contributed by atoms with Gasteiger partial charge in [-0.25, -0.2) is 0 Å². The highest BCUT2D eigenvalue weighted by Gasteiger charge is 2.37. The van der Waals surface area contributed by atoms with Gasteiger partial charge in [0.15, 0.2) is 5.78 Å². The number of hydrogen-bond acceptors (Lipinski definition) is 1. The van der Waals surface area contributed by atoms with Crippen molar-refractivity contribution >= 4 is 17.4 Å². The van der Waals surface area contributed by atoms with Crippen LogP contribution in [0.5, 0.6) is 0 Å². The molecule has 2 atom stereocenters. The molecule has 0 spiro atoms. The Morgan fingerprint density at radius 1 is 1.42 bits per heavy atom. The molecule has 1 nitrogen and oxygen atoms in total. The third-order valence-corrected chi connectivity index (χ3v) is 3.26. The monoisotopic (exact) mass is 188 g/mol. The molecule has 70 valence electrons. The molecule has 0 aliphatic heterocycles. The molecule has 0 aromatic rings. The van der Waals surface area contributed by atoms with Crippen LogP contribution in [0.4, 0.5) is 0 Å². The van der Waals surface area contributed by atoms with E-state index in [1.807, 2.05) is 0 Å². The molecule has 0 unspecified atom stereocenters. The van der Waals surface area contributed by atoms with Crippen LogP contribution in [-0.4, -0.2) is 11.2 Å². The Kier molecular flexibility index (Phi) is 2.82. The highest BCUT2D eigenvalue weighted by Crippen LogP contribution is 2.38. The van der Waals surface area contributed by atoms with E-state index in [0.29, 0.717) is 12.3 Å². The summed E-state index contributed by atoms with van der Waals surface area (Å²) in [5.74, 6) is 0.600. The maximum absolute atomic E-state index is 11.3. The fraction of sp³-hybridized carbons (Fsp3) is 0.900. The lowest BCUT2D eigenvalue weighted by Gasteiger charge is -2.36. The normalized spacial score (nSPS) is 32.2. The van der Waals surface area contributed by atoms with Gasteiger partial charge in [-0.15, -0.1) is 11.6 Å². The van der Waals surface area contributed by atoms with Crippen LogP contribution in [0.2, 0.25) is 0 Å². The van der Waals surface area contributed by atoms with E-state index in [1.165, 1.54) is 0 Å². The van der Waals surface area contributed by atoms with Gasteiger partial charge in [0.1, 0.15) is 0 Å². The Labute approximate surface area is 79.5 Å². The summed E-state index contributed by atoms with van der Waals surface area (Å²) >= 11 is 6.07. The fourth-order valence-electron chi connectivity index (χ4n) is 1.88. The van der Waals surface area contributed by atoms with Gasteiger partial charge in [0, 0.05) is 6.42 Å². The first-order valence-corrected chi connectivity index (χ1v) is 5.03. The van der Waals surface area contributed by atoms with E-state index in [0.717, 1.165) is 12.8 Å². The standard InChI is InChI=1S/C10H17ClO/c1-10(2,3)7-5-4-6-8(12)9(7)11/h7,9H,4-6H2,1-3H3/t7-,9-/m0/s1. The average Bonchev–Trinajstić information content (AvgIpc) is 1.92. The lowest BCUT2D eigenvalue weighted by atomic mass is 9.72. The van der Waals surface area contributed by atoms with Crippen LogP contribution in [-0.2, 0) is 4.79 Å². The van der Waals surface area contributed by atoms with Crippen molar-refractivity contribution in [3.63, 3.8) is 0 Å². The molecule has 0 N–H and O–H groups in total. The second kappa shape index (κ2) is 3.37. The minimum absolute atomic E-state index is 0.169. The first-order valence-electron chi connectivity index (χ1n) is 4.59. The quantitative estimate of drug-likeness (QED) is 0.535. The predicted molar refractivity (Wildman–Crippen MR) is 51.4 cm³/mol. The largest absolute Gasteiger partial charge is 0.298 e. The van der Waals surface area contributed by atoms with E-state index in [1.54, 1.807) is 0 Å². The van der Waals surface area contributed by atoms with Gasteiger partial charge in [0.25, 0.3) is 0 Å². The molecule has 1 aliphatic rings. The highest BCUT2D eigenvalue weighted by molar-refractivity contribution is 6.31. The molecule has 0 radical (unpaired) electrons. The van der Waals surface area contributed by atoms with Crippen molar-refractivity contribution in [1.82, 2.24) is 0 Å². The maximum Gasteiger partial charge on any atom is 0.150 e. The summed E-state index contributed by atoms with van der Waals surface area (Å²) in [6.45, 7) is 6.48. The number of carbonyl (C=O) groups excluding carboxylic acids is 1. The third-order valence-electron chi connectivity index (χ3n) is 2.71. The molecule has 1 saturated carbocycles. The zero-order chi connectivity index (χ0) is 9.35. The molecule has 12 heavy (non-hydrogen) atoms. The summed E-state index contributed by atoms with van der Waals surface area (Å²) in [7, 11) is 0. The van der Waals surface area contributed by atoms with E-state index < -0.39 is 0 Å². The molecule has 0 heterocycles. The maximum atomic E-state index is 11.3. The number of hydrogen-bond donors (Lipinski definition) is 0. The van der Waals surface area contributed by atoms with Crippen molar-refractivity contribution in [3.05, 3.63) is 0 Å². The van der Waals surface area contributed by atoms with E-state index >= 15 is 0 Å².